The number of anilines is 1. The van der Waals surface area contributed by atoms with Gasteiger partial charge >= 0.3 is 0 Å². The summed E-state index contributed by atoms with van der Waals surface area (Å²) < 4.78 is 6.11. The number of amides is 1. The van der Waals surface area contributed by atoms with Crippen molar-refractivity contribution in [3.8, 4) is 11.5 Å². The SMILES string of the molecule is O=C(Nc1cc[nH]c(=O)c1)c1ccccc1Oc1cccc2c1CCC2. The summed E-state index contributed by atoms with van der Waals surface area (Å²) in [7, 11) is 0. The molecule has 0 bridgehead atoms. The van der Waals surface area contributed by atoms with E-state index in [4.69, 9.17) is 4.74 Å². The fourth-order valence-electron chi connectivity index (χ4n) is 3.26. The molecule has 4 rings (SSSR count). The first-order chi connectivity index (χ1) is 12.7. The quantitative estimate of drug-likeness (QED) is 0.752. The fourth-order valence-corrected chi connectivity index (χ4v) is 3.26. The first-order valence-corrected chi connectivity index (χ1v) is 8.58. The van der Waals surface area contributed by atoms with Gasteiger partial charge in [-0.3, -0.25) is 9.59 Å². The summed E-state index contributed by atoms with van der Waals surface area (Å²) in [6.45, 7) is 0. The maximum atomic E-state index is 12.7. The first-order valence-electron chi connectivity index (χ1n) is 8.58. The maximum absolute atomic E-state index is 12.7. The van der Waals surface area contributed by atoms with Crippen LogP contribution < -0.4 is 15.6 Å². The van der Waals surface area contributed by atoms with Crippen molar-refractivity contribution in [3.05, 3.63) is 87.8 Å². The van der Waals surface area contributed by atoms with Gasteiger partial charge in [0.2, 0.25) is 5.56 Å². The van der Waals surface area contributed by atoms with E-state index in [1.54, 1.807) is 24.3 Å². The number of hydrogen-bond acceptors (Lipinski definition) is 3. The summed E-state index contributed by atoms with van der Waals surface area (Å²) in [5.41, 5.74) is 3.12. The lowest BCUT2D eigenvalue weighted by Gasteiger charge is -2.14. The molecule has 5 nitrogen and oxygen atoms in total. The van der Waals surface area contributed by atoms with Gasteiger partial charge in [-0.05, 0) is 54.7 Å². The summed E-state index contributed by atoms with van der Waals surface area (Å²) in [5.74, 6) is 0.977. The Morgan fingerprint density at radius 1 is 1.00 bits per heavy atom. The standard InChI is InChI=1S/C21H18N2O3/c24-20-13-15(11-12-22-20)23-21(25)17-7-1-2-9-19(17)26-18-10-4-6-14-5-3-8-16(14)18/h1-2,4,6-7,9-13H,3,5,8H2,(H2,22,23,24,25). The molecular formula is C21H18N2O3. The number of hydrogen-bond donors (Lipinski definition) is 2. The van der Waals surface area contributed by atoms with Crippen LogP contribution in [0.1, 0.15) is 27.9 Å². The van der Waals surface area contributed by atoms with Crippen LogP contribution in [0.4, 0.5) is 5.69 Å². The average molecular weight is 346 g/mol. The number of benzene rings is 2. The second-order valence-electron chi connectivity index (χ2n) is 6.24. The van der Waals surface area contributed by atoms with Crippen LogP contribution in [-0.2, 0) is 12.8 Å². The molecule has 0 saturated heterocycles. The average Bonchev–Trinajstić information content (AvgIpc) is 3.12. The number of carbonyl (C=O) groups excluding carboxylic acids is 1. The Hall–Kier alpha value is -3.34. The Balaban J connectivity index is 1.62. The van der Waals surface area contributed by atoms with E-state index < -0.39 is 0 Å². The van der Waals surface area contributed by atoms with Crippen molar-refractivity contribution in [2.45, 2.75) is 19.3 Å². The highest BCUT2D eigenvalue weighted by molar-refractivity contribution is 6.06. The summed E-state index contributed by atoms with van der Waals surface area (Å²) >= 11 is 0. The molecular weight excluding hydrogens is 328 g/mol. The predicted molar refractivity (Wildman–Crippen MR) is 100.0 cm³/mol. The van der Waals surface area contributed by atoms with Crippen LogP contribution in [0.25, 0.3) is 0 Å². The topological polar surface area (TPSA) is 71.2 Å². The monoisotopic (exact) mass is 346 g/mol. The molecule has 5 heteroatoms. The van der Waals surface area contributed by atoms with Crippen LogP contribution in [0.15, 0.2) is 65.6 Å². The maximum Gasteiger partial charge on any atom is 0.259 e. The van der Waals surface area contributed by atoms with Gasteiger partial charge in [0.15, 0.2) is 0 Å². The van der Waals surface area contributed by atoms with E-state index in [9.17, 15) is 9.59 Å². The Kier molecular flexibility index (Phi) is 4.27. The van der Waals surface area contributed by atoms with E-state index in [1.165, 1.54) is 23.4 Å². The largest absolute Gasteiger partial charge is 0.456 e. The van der Waals surface area contributed by atoms with Crippen molar-refractivity contribution < 1.29 is 9.53 Å². The predicted octanol–water partition coefficient (Wildman–Crippen LogP) is 3.91. The number of rotatable bonds is 4. The molecule has 0 fully saturated rings. The van der Waals surface area contributed by atoms with Gasteiger partial charge in [-0.1, -0.05) is 24.3 Å². The molecule has 1 amide bonds. The zero-order valence-corrected chi connectivity index (χ0v) is 14.1. The van der Waals surface area contributed by atoms with Gasteiger partial charge in [0, 0.05) is 18.0 Å². The number of carbonyl (C=O) groups is 1. The third-order valence-electron chi connectivity index (χ3n) is 4.49. The highest BCUT2D eigenvalue weighted by Crippen LogP contribution is 2.34. The van der Waals surface area contributed by atoms with Crippen LogP contribution in [0.3, 0.4) is 0 Å². The smallest absolute Gasteiger partial charge is 0.259 e. The van der Waals surface area contributed by atoms with Crippen LogP contribution in [0.2, 0.25) is 0 Å². The molecule has 1 aliphatic rings. The highest BCUT2D eigenvalue weighted by atomic mass is 16.5. The van der Waals surface area contributed by atoms with Crippen LogP contribution in [-0.4, -0.2) is 10.9 Å². The molecule has 130 valence electrons. The van der Waals surface area contributed by atoms with E-state index in [2.05, 4.69) is 16.4 Å². The van der Waals surface area contributed by atoms with Gasteiger partial charge in [-0.15, -0.1) is 0 Å². The van der Waals surface area contributed by atoms with Crippen LogP contribution >= 0.6 is 0 Å². The van der Waals surface area contributed by atoms with Crippen molar-refractivity contribution in [1.29, 1.82) is 0 Å². The number of aromatic amines is 1. The van der Waals surface area contributed by atoms with Crippen LogP contribution in [0, 0.1) is 0 Å². The molecule has 0 spiro atoms. The summed E-state index contributed by atoms with van der Waals surface area (Å²) in [6.07, 6.45) is 4.68. The lowest BCUT2D eigenvalue weighted by molar-refractivity contribution is 0.102. The molecule has 3 aromatic rings. The van der Waals surface area contributed by atoms with Gasteiger partial charge in [0.1, 0.15) is 11.5 Å². The number of nitrogens with one attached hydrogen (secondary N) is 2. The zero-order chi connectivity index (χ0) is 17.9. The number of para-hydroxylation sites is 1. The molecule has 0 aliphatic heterocycles. The third-order valence-corrected chi connectivity index (χ3v) is 4.49. The summed E-state index contributed by atoms with van der Waals surface area (Å²) in [5, 5.41) is 2.74. The number of ether oxygens (including phenoxy) is 1. The lowest BCUT2D eigenvalue weighted by atomic mass is 10.1. The Bertz CT molecular complexity index is 1020. The van der Waals surface area contributed by atoms with Gasteiger partial charge < -0.3 is 15.0 Å². The second-order valence-corrected chi connectivity index (χ2v) is 6.24. The number of fused-ring (bicyclic) bond motifs is 1. The molecule has 0 unspecified atom stereocenters. The number of pyridine rings is 1. The molecule has 0 saturated carbocycles. The Labute approximate surface area is 150 Å². The second kappa shape index (κ2) is 6.88. The molecule has 2 N–H and O–H groups in total. The zero-order valence-electron chi connectivity index (χ0n) is 14.1. The number of aromatic nitrogens is 1. The van der Waals surface area contributed by atoms with E-state index in [0.29, 0.717) is 17.0 Å². The third kappa shape index (κ3) is 3.24. The van der Waals surface area contributed by atoms with Crippen molar-refractivity contribution >= 4 is 11.6 Å². The number of H-pyrrole nitrogens is 1. The minimum Gasteiger partial charge on any atom is -0.456 e. The van der Waals surface area contributed by atoms with E-state index >= 15 is 0 Å². The Morgan fingerprint density at radius 3 is 2.73 bits per heavy atom. The van der Waals surface area contributed by atoms with Gasteiger partial charge in [0.05, 0.1) is 5.56 Å². The van der Waals surface area contributed by atoms with Crippen molar-refractivity contribution in [1.82, 2.24) is 4.98 Å². The first kappa shape index (κ1) is 16.1. The highest BCUT2D eigenvalue weighted by Gasteiger charge is 2.18. The molecule has 26 heavy (non-hydrogen) atoms. The minimum atomic E-state index is -0.321. The summed E-state index contributed by atoms with van der Waals surface area (Å²) in [4.78, 5) is 26.6. The summed E-state index contributed by atoms with van der Waals surface area (Å²) in [6, 6.07) is 16.1. The van der Waals surface area contributed by atoms with Crippen molar-refractivity contribution in [2.24, 2.45) is 0 Å². The van der Waals surface area contributed by atoms with Crippen molar-refractivity contribution in [3.63, 3.8) is 0 Å². The van der Waals surface area contributed by atoms with Gasteiger partial charge in [0.25, 0.3) is 5.91 Å². The van der Waals surface area contributed by atoms with E-state index in [0.717, 1.165) is 25.0 Å². The normalized spacial score (nSPS) is 12.5. The van der Waals surface area contributed by atoms with Gasteiger partial charge in [-0.25, -0.2) is 0 Å². The molecule has 0 atom stereocenters. The molecule has 1 aliphatic carbocycles. The van der Waals surface area contributed by atoms with Gasteiger partial charge in [-0.2, -0.15) is 0 Å². The molecule has 0 radical (unpaired) electrons. The molecule has 1 heterocycles. The lowest BCUT2D eigenvalue weighted by Crippen LogP contribution is -2.15. The number of aryl methyl sites for hydroxylation is 1. The molecule has 1 aromatic heterocycles. The van der Waals surface area contributed by atoms with E-state index in [1.807, 2.05) is 18.2 Å². The van der Waals surface area contributed by atoms with E-state index in [-0.39, 0.29) is 11.5 Å². The van der Waals surface area contributed by atoms with Crippen molar-refractivity contribution in [2.75, 3.05) is 5.32 Å². The van der Waals surface area contributed by atoms with Crippen LogP contribution in [0.5, 0.6) is 11.5 Å². The molecule has 2 aromatic carbocycles. The fraction of sp³-hybridized carbons (Fsp3) is 0.143. The Morgan fingerprint density at radius 2 is 1.85 bits per heavy atom. The minimum absolute atomic E-state index is 0.271.